The maximum absolute atomic E-state index is 8.81. The predicted molar refractivity (Wildman–Crippen MR) is 12.8 cm³/mol. The molecule has 0 N–H and O–H groups in total. The minimum atomic E-state index is -0.385. The quantitative estimate of drug-likeness (QED) is 0.324. The molecule has 0 unspecified atom stereocenters. The molecule has 4 heavy (non-hydrogen) atoms. The van der Waals surface area contributed by atoms with E-state index in [9.17, 15) is 0 Å². The molecule has 0 spiro atoms. The first-order valence-corrected chi connectivity index (χ1v) is 0.654. The third-order valence-corrected chi connectivity index (χ3v) is 0.0527. The Bertz CT molecular complexity index is 30.8. The molecule has 0 fully saturated rings. The van der Waals surface area contributed by atoms with Crippen molar-refractivity contribution in [3.63, 3.8) is 0 Å². The largest absolute Gasteiger partial charge is 0.367 e. The molecule has 0 aromatic rings. The van der Waals surface area contributed by atoms with Gasteiger partial charge in [0.05, 0.1) is 1.37 Å². The molecule has 0 atom stereocenters. The summed E-state index contributed by atoms with van der Waals surface area (Å²) in [6.45, 7) is 0. The van der Waals surface area contributed by atoms with E-state index >= 15 is 0 Å². The lowest BCUT2D eigenvalue weighted by Crippen LogP contribution is -1.53. The fourth-order valence-electron chi connectivity index (χ4n) is 0. The molecule has 0 saturated heterocycles. The highest BCUT2D eigenvalue weighted by Crippen LogP contribution is 1.52. The second kappa shape index (κ2) is 2.40. The molecule has 3 heteroatoms. The highest BCUT2D eigenvalue weighted by Gasteiger charge is 1.44. The highest BCUT2D eigenvalue weighted by atomic mass is 16.7. The van der Waals surface area contributed by atoms with Gasteiger partial charge in [0.25, 0.3) is 0 Å². The Balaban J connectivity index is 2.40. The van der Waals surface area contributed by atoms with E-state index in [1.807, 2.05) is 5.34 Å². The van der Waals surface area contributed by atoms with Crippen molar-refractivity contribution in [1.29, 1.82) is 0 Å². The zero-order valence-corrected chi connectivity index (χ0v) is 1.97. The first-order chi connectivity index (χ1) is 2.41. The summed E-state index contributed by atoms with van der Waals surface area (Å²) >= 11 is 0. The zero-order valence-electron chi connectivity index (χ0n) is 2.97. The van der Waals surface area contributed by atoms with Crippen molar-refractivity contribution in [2.45, 2.75) is 0 Å². The van der Waals surface area contributed by atoms with Crippen LogP contribution in [0.15, 0.2) is 5.34 Å². The number of hydrogen-bond acceptors (Lipinski definition) is 3. The Morgan fingerprint density at radius 3 is 3.25 bits per heavy atom. The van der Waals surface area contributed by atoms with Crippen LogP contribution in [0.25, 0.3) is 0 Å². The second-order valence-corrected chi connectivity index (χ2v) is 0.204. The molecule has 0 aliphatic heterocycles. The molecule has 0 aromatic heterocycles. The molecular weight excluding hydrogens is 58.0 g/mol. The molecule has 0 amide bonds. The van der Waals surface area contributed by atoms with Crippen molar-refractivity contribution in [2.75, 3.05) is 7.09 Å². The Hall–Kier alpha value is -0.600. The minimum absolute atomic E-state index is 0.385. The Morgan fingerprint density at radius 1 is 2.50 bits per heavy atom. The third-order valence-electron chi connectivity index (χ3n) is 0.0527. The van der Waals surface area contributed by atoms with Crippen molar-refractivity contribution >= 4 is 0 Å². The van der Waals surface area contributed by atoms with Crippen LogP contribution in [-0.4, -0.2) is 7.09 Å². The van der Waals surface area contributed by atoms with Crippen molar-refractivity contribution < 1.29 is 6.21 Å². The van der Waals surface area contributed by atoms with E-state index < -0.39 is 0 Å². The van der Waals surface area contributed by atoms with Gasteiger partial charge < -0.3 is 4.84 Å². The molecule has 3 nitrogen and oxygen atoms in total. The zero-order chi connectivity index (χ0) is 4.12. The van der Waals surface area contributed by atoms with E-state index in [4.69, 9.17) is 6.28 Å². The smallest absolute Gasteiger partial charge is 0.154 e. The SMILES string of the molecule is [2H]CON=O. The lowest BCUT2D eigenvalue weighted by Gasteiger charge is -1.63. The highest BCUT2D eigenvalue weighted by molar-refractivity contribution is 3.90. The van der Waals surface area contributed by atoms with Crippen LogP contribution < -0.4 is 0 Å². The molecule has 0 aliphatic carbocycles. The van der Waals surface area contributed by atoms with Gasteiger partial charge in [0.15, 0.2) is 5.34 Å². The summed E-state index contributed by atoms with van der Waals surface area (Å²) < 4.78 is 6.09. The lowest BCUT2D eigenvalue weighted by atomic mass is 11.7. The third kappa shape index (κ3) is 1.40. The summed E-state index contributed by atoms with van der Waals surface area (Å²) in [4.78, 5) is 12.4. The maximum Gasteiger partial charge on any atom is 0.154 e. The Morgan fingerprint density at radius 2 is 3.25 bits per heavy atom. The van der Waals surface area contributed by atoms with Gasteiger partial charge in [-0.1, -0.05) is 0 Å². The van der Waals surface area contributed by atoms with E-state index in [1.165, 1.54) is 0 Å². The topological polar surface area (TPSA) is 38.7 Å². The van der Waals surface area contributed by atoms with Gasteiger partial charge in [-0.25, -0.2) is 0 Å². The lowest BCUT2D eigenvalue weighted by molar-refractivity contribution is 0.208. The number of hydrogen-bond donors (Lipinski definition) is 0. The van der Waals surface area contributed by atoms with Crippen LogP contribution in [-0.2, 0) is 4.84 Å². The molecule has 0 heterocycles. The van der Waals surface area contributed by atoms with Crippen LogP contribution in [0.5, 0.6) is 0 Å². The second-order valence-electron chi connectivity index (χ2n) is 0.204. The standard InChI is InChI=1S/CH3NO2/c1-4-2-3/h1H3/i1D. The number of nitrogens with zero attached hydrogens (tertiary/aromatic N) is 1. The van der Waals surface area contributed by atoms with Gasteiger partial charge in [-0.15, -0.1) is 4.91 Å². The first kappa shape index (κ1) is 1.69. The van der Waals surface area contributed by atoms with Crippen molar-refractivity contribution in [1.82, 2.24) is 0 Å². The molecule has 0 radical (unpaired) electrons. The van der Waals surface area contributed by atoms with E-state index in [-0.39, 0.29) is 7.09 Å². The van der Waals surface area contributed by atoms with E-state index in [2.05, 4.69) is 4.84 Å². The van der Waals surface area contributed by atoms with Crippen molar-refractivity contribution in [3.8, 4) is 0 Å². The van der Waals surface area contributed by atoms with Gasteiger partial charge in [-0.3, -0.25) is 0 Å². The Kier molecular flexibility index (Phi) is 1.02. The van der Waals surface area contributed by atoms with Crippen LogP contribution in [0.1, 0.15) is 1.37 Å². The fourth-order valence-corrected chi connectivity index (χ4v) is 0. The minimum Gasteiger partial charge on any atom is -0.367 e. The molecule has 0 rings (SSSR count). The van der Waals surface area contributed by atoms with Crippen LogP contribution in [0, 0.1) is 4.91 Å². The van der Waals surface area contributed by atoms with Crippen molar-refractivity contribution in [3.05, 3.63) is 4.91 Å². The van der Waals surface area contributed by atoms with Gasteiger partial charge in [0.2, 0.25) is 0 Å². The summed E-state index contributed by atoms with van der Waals surface area (Å²) in [5.41, 5.74) is 0. The summed E-state index contributed by atoms with van der Waals surface area (Å²) in [7, 11) is -0.385. The van der Waals surface area contributed by atoms with Crippen LogP contribution in [0.4, 0.5) is 0 Å². The summed E-state index contributed by atoms with van der Waals surface area (Å²) in [6.07, 6.45) is 0. The van der Waals surface area contributed by atoms with Gasteiger partial charge in [-0.2, -0.15) is 0 Å². The van der Waals surface area contributed by atoms with Crippen LogP contribution in [0.2, 0.25) is 0 Å². The molecule has 0 bridgehead atoms. The average molecular weight is 62.0 g/mol. The molecule has 0 saturated carbocycles. The van der Waals surface area contributed by atoms with E-state index in [1.54, 1.807) is 0 Å². The average Bonchev–Trinajstić information content (AvgIpc) is 1.41. The van der Waals surface area contributed by atoms with Gasteiger partial charge >= 0.3 is 0 Å². The van der Waals surface area contributed by atoms with Crippen LogP contribution in [0.3, 0.4) is 0 Å². The molecule has 0 aromatic carbocycles. The van der Waals surface area contributed by atoms with Gasteiger partial charge in [0.1, 0.15) is 7.09 Å². The fraction of sp³-hybridized carbons (Fsp3) is 1.00. The van der Waals surface area contributed by atoms with E-state index in [0.29, 0.717) is 0 Å². The molecule has 24 valence electrons. The predicted octanol–water partition coefficient (Wildman–Crippen LogP) is 0.314. The monoisotopic (exact) mass is 62.0 g/mol. The van der Waals surface area contributed by atoms with Gasteiger partial charge in [0, 0.05) is 0 Å². The maximum atomic E-state index is 8.81. The first-order valence-electron chi connectivity index (χ1n) is 1.36. The molecular formula is CH3NO2. The molecule has 0 aliphatic rings. The normalized spacial score (nSPS) is 8.50. The van der Waals surface area contributed by atoms with Crippen LogP contribution >= 0.6 is 0 Å². The Labute approximate surface area is 24.9 Å². The summed E-state index contributed by atoms with van der Waals surface area (Å²) in [5.74, 6) is 0. The van der Waals surface area contributed by atoms with Crippen molar-refractivity contribution in [2.24, 2.45) is 5.34 Å². The number of rotatable bonds is 1. The summed E-state index contributed by atoms with van der Waals surface area (Å²) in [5, 5.41) is 1.92. The van der Waals surface area contributed by atoms with E-state index in [0.717, 1.165) is 0 Å². The van der Waals surface area contributed by atoms with Gasteiger partial charge in [-0.05, 0) is 0 Å². The summed E-state index contributed by atoms with van der Waals surface area (Å²) in [6, 6.07) is 0.